The van der Waals surface area contributed by atoms with Gasteiger partial charge in [0, 0.05) is 18.9 Å². The Balaban J connectivity index is 1.35. The van der Waals surface area contributed by atoms with Gasteiger partial charge in [0.25, 0.3) is 0 Å². The fourth-order valence-electron chi connectivity index (χ4n) is 3.67. The van der Waals surface area contributed by atoms with Gasteiger partial charge in [-0.05, 0) is 60.7 Å². The van der Waals surface area contributed by atoms with E-state index in [0.717, 1.165) is 42.5 Å². The predicted molar refractivity (Wildman–Crippen MR) is 102 cm³/mol. The van der Waals surface area contributed by atoms with Crippen LogP contribution >= 0.6 is 0 Å². The topological polar surface area (TPSA) is 46.9 Å². The summed E-state index contributed by atoms with van der Waals surface area (Å²) in [5.41, 5.74) is 2.60. The third-order valence-corrected chi connectivity index (χ3v) is 5.44. The minimum absolute atomic E-state index is 0.0496. The fraction of sp³-hybridized carbons (Fsp3) is 0.273. The van der Waals surface area contributed by atoms with Gasteiger partial charge in [0.15, 0.2) is 0 Å². The van der Waals surface area contributed by atoms with Crippen LogP contribution in [0.3, 0.4) is 0 Å². The molecule has 1 amide bonds. The Bertz CT molecular complexity index is 898. The number of aromatic nitrogens is 2. The molecule has 1 N–H and O–H groups in total. The van der Waals surface area contributed by atoms with E-state index >= 15 is 0 Å². The van der Waals surface area contributed by atoms with Gasteiger partial charge in [-0.3, -0.25) is 4.79 Å². The Morgan fingerprint density at radius 2 is 1.85 bits per heavy atom. The molecular formula is C22H22FN3O. The highest BCUT2D eigenvalue weighted by atomic mass is 19.1. The molecule has 0 bridgehead atoms. The van der Waals surface area contributed by atoms with Gasteiger partial charge in [-0.1, -0.05) is 30.7 Å². The first-order chi connectivity index (χ1) is 13.2. The van der Waals surface area contributed by atoms with Crippen molar-refractivity contribution in [1.82, 2.24) is 15.1 Å². The lowest BCUT2D eigenvalue weighted by molar-refractivity contribution is -0.129. The number of nitrogens with one attached hydrogen (secondary N) is 1. The quantitative estimate of drug-likeness (QED) is 0.724. The standard InChI is InChI=1S/C22H22FN3O/c23-19-7-5-18(6-8-19)22(12-1-13-22)21(27)24-15-11-17-3-9-20(10-4-17)26-16-2-14-25-26/h2-10,14,16H,1,11-13,15H2,(H,24,27). The Hall–Kier alpha value is -2.95. The maximum atomic E-state index is 13.2. The summed E-state index contributed by atoms with van der Waals surface area (Å²) >= 11 is 0. The molecule has 0 atom stereocenters. The molecule has 4 rings (SSSR count). The molecule has 0 unspecified atom stereocenters. The number of hydrogen-bond acceptors (Lipinski definition) is 2. The maximum absolute atomic E-state index is 13.2. The van der Waals surface area contributed by atoms with Crippen LogP contribution in [0.5, 0.6) is 0 Å². The first-order valence-electron chi connectivity index (χ1n) is 9.31. The van der Waals surface area contributed by atoms with E-state index in [1.165, 1.54) is 12.1 Å². The Morgan fingerprint density at radius 1 is 1.11 bits per heavy atom. The van der Waals surface area contributed by atoms with E-state index in [1.54, 1.807) is 18.3 Å². The SMILES string of the molecule is O=C(NCCc1ccc(-n2cccn2)cc1)C1(c2ccc(F)cc2)CCC1. The van der Waals surface area contributed by atoms with Crippen LogP contribution in [0, 0.1) is 5.82 Å². The summed E-state index contributed by atoms with van der Waals surface area (Å²) in [5, 5.41) is 7.29. The Kier molecular flexibility index (Phi) is 4.75. The number of benzene rings is 2. The third-order valence-electron chi connectivity index (χ3n) is 5.44. The molecule has 1 aromatic heterocycles. The largest absolute Gasteiger partial charge is 0.355 e. The molecule has 1 saturated carbocycles. The normalized spacial score (nSPS) is 15.1. The van der Waals surface area contributed by atoms with Gasteiger partial charge in [-0.2, -0.15) is 5.10 Å². The van der Waals surface area contributed by atoms with Crippen molar-refractivity contribution in [2.75, 3.05) is 6.54 Å². The van der Waals surface area contributed by atoms with Gasteiger partial charge in [0.2, 0.25) is 5.91 Å². The minimum atomic E-state index is -0.488. The lowest BCUT2D eigenvalue weighted by Gasteiger charge is -2.40. The van der Waals surface area contributed by atoms with Crippen molar-refractivity contribution < 1.29 is 9.18 Å². The molecule has 1 fully saturated rings. The Morgan fingerprint density at radius 3 is 2.44 bits per heavy atom. The molecule has 1 aliphatic rings. The second kappa shape index (κ2) is 7.35. The molecule has 1 aliphatic carbocycles. The average Bonchev–Trinajstić information content (AvgIpc) is 3.18. The summed E-state index contributed by atoms with van der Waals surface area (Å²) in [5.74, 6) is -0.222. The maximum Gasteiger partial charge on any atom is 0.230 e. The molecule has 5 heteroatoms. The average molecular weight is 363 g/mol. The highest BCUT2D eigenvalue weighted by Gasteiger charge is 2.45. The summed E-state index contributed by atoms with van der Waals surface area (Å²) in [6.07, 6.45) is 7.10. The molecule has 0 radical (unpaired) electrons. The first-order valence-corrected chi connectivity index (χ1v) is 9.31. The van der Waals surface area contributed by atoms with Crippen LogP contribution in [-0.2, 0) is 16.6 Å². The molecular weight excluding hydrogens is 341 g/mol. The number of nitrogens with zero attached hydrogens (tertiary/aromatic N) is 2. The van der Waals surface area contributed by atoms with Crippen LogP contribution < -0.4 is 5.32 Å². The van der Waals surface area contributed by atoms with Crippen molar-refractivity contribution >= 4 is 5.91 Å². The van der Waals surface area contributed by atoms with Crippen molar-refractivity contribution in [1.29, 1.82) is 0 Å². The van der Waals surface area contributed by atoms with Gasteiger partial charge in [-0.15, -0.1) is 0 Å². The summed E-state index contributed by atoms with van der Waals surface area (Å²) in [7, 11) is 0. The van der Waals surface area contributed by atoms with Crippen LogP contribution in [-0.4, -0.2) is 22.2 Å². The second-order valence-corrected chi connectivity index (χ2v) is 7.07. The van der Waals surface area contributed by atoms with E-state index in [2.05, 4.69) is 22.5 Å². The van der Waals surface area contributed by atoms with Crippen molar-refractivity contribution in [3.8, 4) is 5.69 Å². The van der Waals surface area contributed by atoms with Crippen LogP contribution in [0.2, 0.25) is 0 Å². The smallest absolute Gasteiger partial charge is 0.230 e. The number of amides is 1. The van der Waals surface area contributed by atoms with Gasteiger partial charge >= 0.3 is 0 Å². The number of carbonyl (C=O) groups excluding carboxylic acids is 1. The van der Waals surface area contributed by atoms with E-state index in [-0.39, 0.29) is 11.7 Å². The monoisotopic (exact) mass is 363 g/mol. The first kappa shape index (κ1) is 17.5. The lowest BCUT2D eigenvalue weighted by Crippen LogP contribution is -2.49. The number of halogens is 1. The van der Waals surface area contributed by atoms with E-state index in [1.807, 2.05) is 29.1 Å². The van der Waals surface area contributed by atoms with Gasteiger partial charge in [0.1, 0.15) is 5.82 Å². The van der Waals surface area contributed by atoms with Crippen molar-refractivity contribution in [3.63, 3.8) is 0 Å². The van der Waals surface area contributed by atoms with E-state index in [0.29, 0.717) is 6.54 Å². The molecule has 0 spiro atoms. The summed E-state index contributed by atoms with van der Waals surface area (Å²) in [6.45, 7) is 0.586. The van der Waals surface area contributed by atoms with Crippen LogP contribution in [0.15, 0.2) is 67.0 Å². The fourth-order valence-corrected chi connectivity index (χ4v) is 3.67. The van der Waals surface area contributed by atoms with Gasteiger partial charge in [0.05, 0.1) is 11.1 Å². The summed E-state index contributed by atoms with van der Waals surface area (Å²) in [6, 6.07) is 16.4. The zero-order chi connectivity index (χ0) is 18.7. The van der Waals surface area contributed by atoms with Crippen LogP contribution in [0.1, 0.15) is 30.4 Å². The second-order valence-electron chi connectivity index (χ2n) is 7.07. The van der Waals surface area contributed by atoms with Crippen molar-refractivity contribution in [3.05, 3.63) is 83.9 Å². The van der Waals surface area contributed by atoms with Crippen LogP contribution in [0.4, 0.5) is 4.39 Å². The highest BCUT2D eigenvalue weighted by Crippen LogP contribution is 2.43. The number of carbonyl (C=O) groups is 1. The zero-order valence-electron chi connectivity index (χ0n) is 15.1. The van der Waals surface area contributed by atoms with Crippen molar-refractivity contribution in [2.24, 2.45) is 0 Å². The molecule has 0 saturated heterocycles. The van der Waals surface area contributed by atoms with Crippen molar-refractivity contribution in [2.45, 2.75) is 31.1 Å². The van der Waals surface area contributed by atoms with E-state index in [9.17, 15) is 9.18 Å². The summed E-state index contributed by atoms with van der Waals surface area (Å²) in [4.78, 5) is 12.8. The molecule has 1 heterocycles. The third kappa shape index (κ3) is 3.50. The zero-order valence-corrected chi connectivity index (χ0v) is 15.1. The highest BCUT2D eigenvalue weighted by molar-refractivity contribution is 5.89. The van der Waals surface area contributed by atoms with E-state index in [4.69, 9.17) is 0 Å². The molecule has 4 nitrogen and oxygen atoms in total. The van der Waals surface area contributed by atoms with Gasteiger partial charge in [-0.25, -0.2) is 9.07 Å². The van der Waals surface area contributed by atoms with E-state index < -0.39 is 5.41 Å². The molecule has 3 aromatic rings. The van der Waals surface area contributed by atoms with Gasteiger partial charge < -0.3 is 5.32 Å². The molecule has 27 heavy (non-hydrogen) atoms. The number of rotatable bonds is 6. The minimum Gasteiger partial charge on any atom is -0.355 e. The molecule has 138 valence electrons. The molecule has 0 aliphatic heterocycles. The number of hydrogen-bond donors (Lipinski definition) is 1. The predicted octanol–water partition coefficient (Wildman–Crippen LogP) is 3.79. The van der Waals surface area contributed by atoms with Crippen LogP contribution in [0.25, 0.3) is 5.69 Å². The Labute approximate surface area is 158 Å². The summed E-state index contributed by atoms with van der Waals surface area (Å²) < 4.78 is 15.0. The lowest BCUT2D eigenvalue weighted by atomic mass is 9.64. The molecule has 2 aromatic carbocycles.